The highest BCUT2D eigenvalue weighted by molar-refractivity contribution is 9.10. The first-order valence-corrected chi connectivity index (χ1v) is 6.89. The van der Waals surface area contributed by atoms with Crippen molar-refractivity contribution in [2.24, 2.45) is 11.7 Å². The molecule has 1 aliphatic rings. The fraction of sp³-hybridized carbons (Fsp3) is 0.417. The maximum atomic E-state index is 13.6. The predicted octanol–water partition coefficient (Wildman–Crippen LogP) is 2.82. The largest absolute Gasteiger partial charge is 0.506 e. The van der Waals surface area contributed by atoms with Gasteiger partial charge in [-0.05, 0) is 25.0 Å². The second kappa shape index (κ2) is 5.26. The van der Waals surface area contributed by atoms with Gasteiger partial charge in [-0.25, -0.2) is 4.39 Å². The number of aromatic hydroxyl groups is 1. The van der Waals surface area contributed by atoms with Crippen molar-refractivity contribution in [3.8, 4) is 5.75 Å². The van der Waals surface area contributed by atoms with Crippen LogP contribution in [-0.4, -0.2) is 23.2 Å². The lowest BCUT2D eigenvalue weighted by molar-refractivity contribution is -0.128. The Bertz CT molecular complexity index is 497. The number of hydrogen-bond acceptors (Lipinski definition) is 3. The summed E-state index contributed by atoms with van der Waals surface area (Å²) in [6.45, 7) is -0.0823. The molecule has 0 heterocycles. The number of anilines is 1. The van der Waals surface area contributed by atoms with E-state index in [9.17, 15) is 14.3 Å². The van der Waals surface area contributed by atoms with Crippen LogP contribution in [0.3, 0.4) is 0 Å². The molecule has 104 valence electrons. The molecule has 0 aliphatic heterocycles. The number of amides is 1. The van der Waals surface area contributed by atoms with Crippen LogP contribution in [0.1, 0.15) is 12.8 Å². The topological polar surface area (TPSA) is 75.4 Å². The van der Waals surface area contributed by atoms with Crippen molar-refractivity contribution in [2.75, 3.05) is 11.9 Å². The van der Waals surface area contributed by atoms with Gasteiger partial charge in [0.2, 0.25) is 5.91 Å². The van der Waals surface area contributed by atoms with Crippen LogP contribution in [0.2, 0.25) is 5.02 Å². The molecule has 19 heavy (non-hydrogen) atoms. The third kappa shape index (κ3) is 3.01. The zero-order valence-corrected chi connectivity index (χ0v) is 12.3. The van der Waals surface area contributed by atoms with Gasteiger partial charge in [0.1, 0.15) is 17.1 Å². The van der Waals surface area contributed by atoms with E-state index in [0.717, 1.165) is 0 Å². The number of carbonyl (C=O) groups is 1. The van der Waals surface area contributed by atoms with Crippen LogP contribution >= 0.6 is 27.5 Å². The van der Waals surface area contributed by atoms with Crippen molar-refractivity contribution in [1.82, 2.24) is 0 Å². The quantitative estimate of drug-likeness (QED) is 0.733. The summed E-state index contributed by atoms with van der Waals surface area (Å²) in [6, 6.07) is 2.97. The zero-order chi connectivity index (χ0) is 14.2. The molecular weight excluding hydrogens is 338 g/mol. The second-order valence-corrected chi connectivity index (χ2v) is 6.05. The number of phenolic OH excluding ortho intramolecular Hbond substituents is 1. The Morgan fingerprint density at radius 1 is 1.63 bits per heavy atom. The van der Waals surface area contributed by atoms with E-state index in [2.05, 4.69) is 21.2 Å². The Hall–Kier alpha value is -0.850. The number of nitrogens with two attached hydrogens (primary N) is 1. The van der Waals surface area contributed by atoms with Crippen molar-refractivity contribution in [3.05, 3.63) is 21.6 Å². The standard InChI is InChI=1S/C12H13BrClFN2O2/c13-7-1-8(14)10(9(18)2-7)17-11(19)6-3-12(15,4-6)5-16/h1-2,6,18H,3-5,16H2,(H,17,19). The molecular formula is C12H13BrClFN2O2. The van der Waals surface area contributed by atoms with Crippen molar-refractivity contribution >= 4 is 39.1 Å². The molecule has 0 spiro atoms. The van der Waals surface area contributed by atoms with E-state index < -0.39 is 11.6 Å². The number of carbonyl (C=O) groups excluding carboxylic acids is 1. The van der Waals surface area contributed by atoms with Gasteiger partial charge in [0.15, 0.2) is 0 Å². The van der Waals surface area contributed by atoms with E-state index in [-0.39, 0.29) is 41.8 Å². The molecule has 4 nitrogen and oxygen atoms in total. The normalized spacial score (nSPS) is 25.8. The van der Waals surface area contributed by atoms with Crippen LogP contribution < -0.4 is 11.1 Å². The summed E-state index contributed by atoms with van der Waals surface area (Å²) in [7, 11) is 0. The smallest absolute Gasteiger partial charge is 0.227 e. The average Bonchev–Trinajstić information content (AvgIpc) is 2.29. The first-order chi connectivity index (χ1) is 8.84. The highest BCUT2D eigenvalue weighted by Gasteiger charge is 2.47. The molecule has 1 saturated carbocycles. The van der Waals surface area contributed by atoms with Crippen LogP contribution in [-0.2, 0) is 4.79 Å². The Balaban J connectivity index is 2.05. The molecule has 0 aromatic heterocycles. The van der Waals surface area contributed by atoms with E-state index in [1.165, 1.54) is 6.07 Å². The van der Waals surface area contributed by atoms with Crippen LogP contribution in [0.15, 0.2) is 16.6 Å². The van der Waals surface area contributed by atoms with Gasteiger partial charge < -0.3 is 16.2 Å². The SMILES string of the molecule is NCC1(F)CC(C(=O)Nc2c(O)cc(Br)cc2Cl)C1. The average molecular weight is 352 g/mol. The molecule has 0 atom stereocenters. The van der Waals surface area contributed by atoms with E-state index >= 15 is 0 Å². The van der Waals surface area contributed by atoms with Crippen LogP contribution in [0.25, 0.3) is 0 Å². The maximum absolute atomic E-state index is 13.6. The van der Waals surface area contributed by atoms with E-state index in [1.54, 1.807) is 6.07 Å². The van der Waals surface area contributed by atoms with Gasteiger partial charge in [0.05, 0.1) is 5.02 Å². The van der Waals surface area contributed by atoms with Gasteiger partial charge in [0, 0.05) is 16.9 Å². The predicted molar refractivity (Wildman–Crippen MR) is 75.1 cm³/mol. The molecule has 4 N–H and O–H groups in total. The first-order valence-electron chi connectivity index (χ1n) is 5.72. The minimum Gasteiger partial charge on any atom is -0.506 e. The second-order valence-electron chi connectivity index (χ2n) is 4.73. The molecule has 1 aromatic carbocycles. The molecule has 1 amide bonds. The zero-order valence-electron chi connectivity index (χ0n) is 9.92. The summed E-state index contributed by atoms with van der Waals surface area (Å²) in [6.07, 6.45) is 0.203. The molecule has 1 aromatic rings. The van der Waals surface area contributed by atoms with Crippen molar-refractivity contribution < 1.29 is 14.3 Å². The van der Waals surface area contributed by atoms with Gasteiger partial charge >= 0.3 is 0 Å². The van der Waals surface area contributed by atoms with Gasteiger partial charge in [-0.15, -0.1) is 0 Å². The van der Waals surface area contributed by atoms with Crippen LogP contribution in [0.4, 0.5) is 10.1 Å². The van der Waals surface area contributed by atoms with Crippen molar-refractivity contribution in [1.29, 1.82) is 0 Å². The third-order valence-corrected chi connectivity index (χ3v) is 4.00. The number of nitrogens with one attached hydrogen (secondary N) is 1. The van der Waals surface area contributed by atoms with Gasteiger partial charge in [-0.1, -0.05) is 27.5 Å². The van der Waals surface area contributed by atoms with Crippen molar-refractivity contribution in [3.63, 3.8) is 0 Å². The maximum Gasteiger partial charge on any atom is 0.227 e. The minimum absolute atomic E-state index is 0.0823. The monoisotopic (exact) mass is 350 g/mol. The summed E-state index contributed by atoms with van der Waals surface area (Å²) in [5.74, 6) is -0.939. The molecule has 0 radical (unpaired) electrons. The minimum atomic E-state index is -1.44. The Labute approximate surface area is 123 Å². The molecule has 0 saturated heterocycles. The lowest BCUT2D eigenvalue weighted by atomic mass is 9.72. The van der Waals surface area contributed by atoms with E-state index in [1.807, 2.05) is 0 Å². The molecule has 0 unspecified atom stereocenters. The molecule has 1 fully saturated rings. The highest BCUT2D eigenvalue weighted by atomic mass is 79.9. The number of rotatable bonds is 3. The molecule has 2 rings (SSSR count). The summed E-state index contributed by atoms with van der Waals surface area (Å²) >= 11 is 9.10. The summed E-state index contributed by atoms with van der Waals surface area (Å²) in [4.78, 5) is 11.9. The van der Waals surface area contributed by atoms with E-state index in [0.29, 0.717) is 4.47 Å². The first kappa shape index (κ1) is 14.6. The number of alkyl halides is 1. The Kier molecular flexibility index (Phi) is 4.03. The summed E-state index contributed by atoms with van der Waals surface area (Å²) in [5, 5.41) is 12.5. The molecule has 1 aliphatic carbocycles. The number of phenols is 1. The lowest BCUT2D eigenvalue weighted by Gasteiger charge is -2.39. The van der Waals surface area contributed by atoms with Gasteiger partial charge in [-0.2, -0.15) is 0 Å². The summed E-state index contributed by atoms with van der Waals surface area (Å²) in [5.41, 5.74) is 3.98. The number of hydrogen-bond donors (Lipinski definition) is 3. The number of halogens is 3. The Morgan fingerprint density at radius 2 is 2.26 bits per heavy atom. The van der Waals surface area contributed by atoms with Crippen LogP contribution in [0.5, 0.6) is 5.75 Å². The lowest BCUT2D eigenvalue weighted by Crippen LogP contribution is -2.49. The Morgan fingerprint density at radius 3 is 2.79 bits per heavy atom. The van der Waals surface area contributed by atoms with Gasteiger partial charge in [0.25, 0.3) is 0 Å². The fourth-order valence-electron chi connectivity index (χ4n) is 2.08. The van der Waals surface area contributed by atoms with Gasteiger partial charge in [-0.3, -0.25) is 4.79 Å². The highest BCUT2D eigenvalue weighted by Crippen LogP contribution is 2.42. The number of benzene rings is 1. The van der Waals surface area contributed by atoms with Crippen LogP contribution in [0, 0.1) is 5.92 Å². The van der Waals surface area contributed by atoms with E-state index in [4.69, 9.17) is 17.3 Å². The molecule has 0 bridgehead atoms. The van der Waals surface area contributed by atoms with Crippen molar-refractivity contribution in [2.45, 2.75) is 18.5 Å². The fourth-order valence-corrected chi connectivity index (χ4v) is 2.92. The third-order valence-electron chi connectivity index (χ3n) is 3.24. The summed E-state index contributed by atoms with van der Waals surface area (Å²) < 4.78 is 14.2. The molecule has 7 heteroatoms.